The van der Waals surface area contributed by atoms with Crippen LogP contribution >= 0.6 is 11.6 Å². The average molecular weight is 587 g/mol. The summed E-state index contributed by atoms with van der Waals surface area (Å²) >= 11 is 5.91. The monoisotopic (exact) mass is 586 g/mol. The fourth-order valence-corrected chi connectivity index (χ4v) is 4.32. The molecule has 0 heterocycles. The zero-order chi connectivity index (χ0) is 29.4. The topological polar surface area (TPSA) is 9.23 Å². The van der Waals surface area contributed by atoms with Crippen LogP contribution in [-0.2, 0) is 12.5 Å². The van der Waals surface area contributed by atoms with Gasteiger partial charge in [0.05, 0.1) is 10.6 Å². The molecule has 0 N–H and O–H groups in total. The van der Waals surface area contributed by atoms with Crippen molar-refractivity contribution in [2.45, 2.75) is 19.0 Å². The minimum absolute atomic E-state index is 0.118. The quantitative estimate of drug-likeness (QED) is 0.113. The van der Waals surface area contributed by atoms with Gasteiger partial charge in [0.2, 0.25) is 0 Å². The van der Waals surface area contributed by atoms with Crippen LogP contribution < -0.4 is 4.74 Å². The molecule has 0 aliphatic heterocycles. The number of rotatable bonds is 8. The van der Waals surface area contributed by atoms with Crippen LogP contribution in [0.2, 0.25) is 5.02 Å². The van der Waals surface area contributed by atoms with Crippen molar-refractivity contribution in [2.24, 2.45) is 0 Å². The van der Waals surface area contributed by atoms with E-state index in [0.717, 1.165) is 6.07 Å². The fourth-order valence-electron chi connectivity index (χ4n) is 4.01. The molecule has 0 unspecified atom stereocenters. The Balaban J connectivity index is 1.65. The maximum atomic E-state index is 15.0. The summed E-state index contributed by atoms with van der Waals surface area (Å²) in [6.45, 7) is 3.58. The predicted molar refractivity (Wildman–Crippen MR) is 132 cm³/mol. The Hall–Kier alpha value is -3.92. The summed E-state index contributed by atoms with van der Waals surface area (Å²) in [6.07, 6.45) is -1.85. The molecule has 40 heavy (non-hydrogen) atoms. The van der Waals surface area contributed by atoms with Crippen LogP contribution in [0, 0.1) is 40.7 Å². The summed E-state index contributed by atoms with van der Waals surface area (Å²) < 4.78 is 133. The first-order valence-corrected chi connectivity index (χ1v) is 11.8. The Labute approximate surface area is 227 Å². The lowest BCUT2D eigenvalue weighted by Crippen LogP contribution is -2.24. The summed E-state index contributed by atoms with van der Waals surface area (Å²) in [4.78, 5) is 0. The highest BCUT2D eigenvalue weighted by molar-refractivity contribution is 6.31. The molecule has 0 fully saturated rings. The lowest BCUT2D eigenvalue weighted by molar-refractivity contribution is -0.187. The fraction of sp³-hybridized carbons (Fsp3) is 0.103. The van der Waals surface area contributed by atoms with Gasteiger partial charge in [0.15, 0.2) is 17.5 Å². The normalized spacial score (nSPS) is 11.6. The summed E-state index contributed by atoms with van der Waals surface area (Å²) in [5.74, 6) is -12.0. The number of benzene rings is 4. The van der Waals surface area contributed by atoms with Crippen LogP contribution in [0.15, 0.2) is 67.3 Å². The zero-order valence-electron chi connectivity index (χ0n) is 20.1. The number of alkyl halides is 2. The van der Waals surface area contributed by atoms with E-state index in [9.17, 15) is 39.5 Å². The number of ether oxygens (including phenoxy) is 1. The van der Waals surface area contributed by atoms with Gasteiger partial charge >= 0.3 is 6.11 Å². The second-order valence-electron chi connectivity index (χ2n) is 8.59. The van der Waals surface area contributed by atoms with E-state index in [1.54, 1.807) is 12.1 Å². The molecular weight excluding hydrogens is 571 g/mol. The molecule has 4 aromatic carbocycles. The van der Waals surface area contributed by atoms with Gasteiger partial charge in [0, 0.05) is 17.7 Å². The third-order valence-corrected chi connectivity index (χ3v) is 6.15. The maximum Gasteiger partial charge on any atom is 0.431 e. The molecule has 11 heteroatoms. The first-order chi connectivity index (χ1) is 18.8. The lowest BCUT2D eigenvalue weighted by atomic mass is 9.99. The molecule has 4 rings (SSSR count). The molecule has 0 spiro atoms. The van der Waals surface area contributed by atoms with Gasteiger partial charge < -0.3 is 4.74 Å². The number of hydrogen-bond acceptors (Lipinski definition) is 1. The number of hydrogen-bond donors (Lipinski definition) is 0. The number of aryl methyl sites for hydroxylation is 1. The van der Waals surface area contributed by atoms with Crippen LogP contribution in [0.1, 0.15) is 17.5 Å². The van der Waals surface area contributed by atoms with E-state index in [-0.39, 0.29) is 23.3 Å². The minimum atomic E-state index is -4.58. The highest BCUT2D eigenvalue weighted by atomic mass is 35.5. The van der Waals surface area contributed by atoms with E-state index in [4.69, 9.17) is 11.6 Å². The van der Waals surface area contributed by atoms with E-state index in [1.165, 1.54) is 12.1 Å². The highest BCUT2D eigenvalue weighted by Gasteiger charge is 2.41. The van der Waals surface area contributed by atoms with Gasteiger partial charge in [-0.15, -0.1) is 6.58 Å². The molecule has 0 aromatic heterocycles. The van der Waals surface area contributed by atoms with Crippen molar-refractivity contribution in [3.8, 4) is 28.0 Å². The smallest absolute Gasteiger partial charge is 0.429 e. The maximum absolute atomic E-state index is 15.0. The third kappa shape index (κ3) is 5.82. The average Bonchev–Trinajstić information content (AvgIpc) is 2.84. The van der Waals surface area contributed by atoms with Gasteiger partial charge in [-0.1, -0.05) is 29.8 Å². The molecule has 208 valence electrons. The molecule has 0 atom stereocenters. The number of halogens is 10. The van der Waals surface area contributed by atoms with E-state index in [2.05, 4.69) is 11.3 Å². The largest absolute Gasteiger partial charge is 0.431 e. The van der Waals surface area contributed by atoms with Gasteiger partial charge in [0.1, 0.15) is 34.6 Å². The highest BCUT2D eigenvalue weighted by Crippen LogP contribution is 2.41. The van der Waals surface area contributed by atoms with Crippen molar-refractivity contribution in [1.82, 2.24) is 0 Å². The Bertz CT molecular complexity index is 1550. The van der Waals surface area contributed by atoms with Crippen LogP contribution in [-0.4, -0.2) is 0 Å². The van der Waals surface area contributed by atoms with Gasteiger partial charge in [-0.05, 0) is 59.9 Å². The third-order valence-electron chi connectivity index (χ3n) is 5.85. The molecule has 0 saturated carbocycles. The van der Waals surface area contributed by atoms with E-state index >= 15 is 0 Å². The summed E-state index contributed by atoms with van der Waals surface area (Å²) in [7, 11) is 0. The molecule has 0 aliphatic rings. The van der Waals surface area contributed by atoms with Gasteiger partial charge in [-0.25, -0.2) is 30.7 Å². The summed E-state index contributed by atoms with van der Waals surface area (Å²) in [6, 6.07) is 6.72. The van der Waals surface area contributed by atoms with Crippen molar-refractivity contribution in [3.05, 3.63) is 124 Å². The Morgan fingerprint density at radius 1 is 0.725 bits per heavy atom. The van der Waals surface area contributed by atoms with Gasteiger partial charge in [-0.2, -0.15) is 8.78 Å². The Morgan fingerprint density at radius 2 is 1.32 bits per heavy atom. The Kier molecular flexibility index (Phi) is 8.20. The molecule has 0 bridgehead atoms. The van der Waals surface area contributed by atoms with Crippen molar-refractivity contribution in [3.63, 3.8) is 0 Å². The summed E-state index contributed by atoms with van der Waals surface area (Å²) in [5.41, 5.74) is -2.95. The zero-order valence-corrected chi connectivity index (χ0v) is 20.8. The molecule has 4 aromatic rings. The molecule has 0 amide bonds. The second kappa shape index (κ2) is 11.3. The van der Waals surface area contributed by atoms with Crippen LogP contribution in [0.3, 0.4) is 0 Å². The first-order valence-electron chi connectivity index (χ1n) is 11.4. The number of allylic oxidation sites excluding steroid dienone is 1. The van der Waals surface area contributed by atoms with E-state index < -0.39 is 74.3 Å². The minimum Gasteiger partial charge on any atom is -0.429 e. The van der Waals surface area contributed by atoms with Crippen LogP contribution in [0.25, 0.3) is 22.3 Å². The summed E-state index contributed by atoms with van der Waals surface area (Å²) in [5, 5.41) is -0.870. The lowest BCUT2D eigenvalue weighted by Gasteiger charge is -2.21. The molecule has 0 saturated heterocycles. The van der Waals surface area contributed by atoms with Crippen molar-refractivity contribution < 1.29 is 44.3 Å². The first kappa shape index (κ1) is 29.1. The SMILES string of the molecule is C=CCCc1ccc(-c2cc(F)c(C(F)(F)Oc3cc(F)c(-c4cc(F)c(F)c(F)c4)c(F)c3)c(Cl)c2)c(F)c1. The van der Waals surface area contributed by atoms with Gasteiger partial charge in [0.25, 0.3) is 0 Å². The van der Waals surface area contributed by atoms with Gasteiger partial charge in [-0.3, -0.25) is 0 Å². The predicted octanol–water partition coefficient (Wildman–Crippen LogP) is 9.89. The van der Waals surface area contributed by atoms with E-state index in [0.29, 0.717) is 36.6 Å². The van der Waals surface area contributed by atoms with Crippen molar-refractivity contribution in [2.75, 3.05) is 0 Å². The van der Waals surface area contributed by atoms with Crippen LogP contribution in [0.4, 0.5) is 39.5 Å². The van der Waals surface area contributed by atoms with Crippen molar-refractivity contribution in [1.29, 1.82) is 0 Å². The Morgan fingerprint density at radius 3 is 1.88 bits per heavy atom. The van der Waals surface area contributed by atoms with E-state index in [1.807, 2.05) is 0 Å². The molecule has 1 nitrogen and oxygen atoms in total. The second-order valence-corrected chi connectivity index (χ2v) is 9.00. The van der Waals surface area contributed by atoms with Crippen molar-refractivity contribution >= 4 is 11.6 Å². The molecule has 0 radical (unpaired) electrons. The van der Waals surface area contributed by atoms with Crippen LogP contribution in [0.5, 0.6) is 5.75 Å². The standard InChI is InChI=1S/C29H16ClF9O/c1-2-3-4-14-5-6-18(20(31)7-14)15-8-19(30)27(23(34)9-15)29(38,39)40-17-12-21(32)26(22(33)13-17)16-10-24(35)28(37)25(36)11-16/h2,5-13H,1,3-4H2. The molecule has 0 aliphatic carbocycles. The molecular formula is C29H16ClF9O.